The Morgan fingerprint density at radius 1 is 1.45 bits per heavy atom. The second kappa shape index (κ2) is 5.01. The van der Waals surface area contributed by atoms with E-state index < -0.39 is 17.6 Å². The van der Waals surface area contributed by atoms with Crippen LogP contribution in [0.4, 0.5) is 14.5 Å². The minimum atomic E-state index is -1.16. The van der Waals surface area contributed by atoms with Crippen LogP contribution in [0.2, 0.25) is 0 Å². The van der Waals surface area contributed by atoms with Gasteiger partial charge in [0.15, 0.2) is 17.3 Å². The Labute approximate surface area is 112 Å². The number of nitrogen functional groups attached to an aromatic ring is 1. The molecule has 1 heterocycles. The molecule has 102 valence electrons. The monoisotopic (exact) mass is 277 g/mol. The minimum Gasteiger partial charge on any atom is -0.464 e. The number of nitrogens with zero attached hydrogens (tertiary/aromatic N) is 2. The van der Waals surface area contributed by atoms with Crippen LogP contribution in [-0.4, -0.2) is 17.6 Å². The number of hydrogen-bond acceptors (Lipinski definition) is 4. The summed E-state index contributed by atoms with van der Waals surface area (Å²) in [6.45, 7) is 0. The highest BCUT2D eigenvalue weighted by Gasteiger charge is 2.23. The molecule has 5 nitrogen and oxygen atoms in total. The molecule has 0 radical (unpaired) electrons. The van der Waals surface area contributed by atoms with Crippen LogP contribution < -0.4 is 5.73 Å². The molecule has 1 aromatic carbocycles. The van der Waals surface area contributed by atoms with Gasteiger partial charge in [0.2, 0.25) is 0 Å². The Bertz CT molecular complexity index is 732. The van der Waals surface area contributed by atoms with Gasteiger partial charge >= 0.3 is 5.97 Å². The van der Waals surface area contributed by atoms with Crippen molar-refractivity contribution in [3.63, 3.8) is 0 Å². The third-order valence-corrected chi connectivity index (χ3v) is 2.73. The maximum Gasteiger partial charge on any atom is 0.357 e. The van der Waals surface area contributed by atoms with Crippen LogP contribution in [0.1, 0.15) is 16.1 Å². The molecule has 7 heteroatoms. The first-order chi connectivity index (χ1) is 9.51. The van der Waals surface area contributed by atoms with Gasteiger partial charge in [0, 0.05) is 6.20 Å². The third kappa shape index (κ3) is 1.97. The van der Waals surface area contributed by atoms with Gasteiger partial charge in [-0.05, 0) is 12.1 Å². The highest BCUT2D eigenvalue weighted by molar-refractivity contribution is 5.95. The lowest BCUT2D eigenvalue weighted by molar-refractivity contribution is 0.0593. The van der Waals surface area contributed by atoms with Gasteiger partial charge in [-0.15, -0.1) is 0 Å². The maximum atomic E-state index is 13.8. The van der Waals surface area contributed by atoms with Gasteiger partial charge < -0.3 is 15.0 Å². The molecule has 0 bridgehead atoms. The first kappa shape index (κ1) is 13.5. The third-order valence-electron chi connectivity index (χ3n) is 2.73. The number of ether oxygens (including phenoxy) is 1. The molecule has 0 saturated carbocycles. The molecule has 1 aromatic heterocycles. The van der Waals surface area contributed by atoms with Gasteiger partial charge in [-0.25, -0.2) is 13.6 Å². The minimum absolute atomic E-state index is 0.0333. The number of hydrogen-bond donors (Lipinski definition) is 1. The summed E-state index contributed by atoms with van der Waals surface area (Å²) in [5.41, 5.74) is 5.01. The van der Waals surface area contributed by atoms with E-state index in [0.29, 0.717) is 0 Å². The number of halogens is 2. The summed E-state index contributed by atoms with van der Waals surface area (Å²) in [5.74, 6) is -3.09. The molecular formula is C13H9F2N3O2. The Hall–Kier alpha value is -2.88. The summed E-state index contributed by atoms with van der Waals surface area (Å²) in [5, 5.41) is 8.92. The number of esters is 1. The molecule has 0 aliphatic heterocycles. The molecule has 0 amide bonds. The molecule has 0 atom stereocenters. The maximum absolute atomic E-state index is 13.8. The first-order valence-electron chi connectivity index (χ1n) is 5.44. The van der Waals surface area contributed by atoms with Gasteiger partial charge in [0.1, 0.15) is 6.07 Å². The lowest BCUT2D eigenvalue weighted by Gasteiger charge is -2.09. The van der Waals surface area contributed by atoms with Crippen molar-refractivity contribution < 1.29 is 18.3 Å². The topological polar surface area (TPSA) is 81.0 Å². The van der Waals surface area contributed by atoms with E-state index in [4.69, 9.17) is 11.0 Å². The lowest BCUT2D eigenvalue weighted by Crippen LogP contribution is -2.12. The number of carbonyl (C=O) groups is 1. The van der Waals surface area contributed by atoms with Crippen LogP contribution in [0.3, 0.4) is 0 Å². The number of anilines is 1. The lowest BCUT2D eigenvalue weighted by atomic mass is 10.2. The van der Waals surface area contributed by atoms with E-state index >= 15 is 0 Å². The van der Waals surface area contributed by atoms with E-state index in [0.717, 1.165) is 23.9 Å². The second-order valence-corrected chi connectivity index (χ2v) is 3.85. The predicted octanol–water partition coefficient (Wildman–Crippen LogP) is 2.00. The summed E-state index contributed by atoms with van der Waals surface area (Å²) in [4.78, 5) is 11.7. The Balaban J connectivity index is 2.77. The summed E-state index contributed by atoms with van der Waals surface area (Å²) in [6.07, 6.45) is 1.15. The highest BCUT2D eigenvalue weighted by atomic mass is 19.2. The number of nitrogens with two attached hydrogens (primary N) is 1. The quantitative estimate of drug-likeness (QED) is 0.851. The summed E-state index contributed by atoms with van der Waals surface area (Å²) in [7, 11) is 1.12. The molecule has 0 saturated heterocycles. The van der Waals surface area contributed by atoms with Gasteiger partial charge in [0.05, 0.1) is 24.0 Å². The molecule has 0 fully saturated rings. The molecule has 20 heavy (non-hydrogen) atoms. The van der Waals surface area contributed by atoms with E-state index in [-0.39, 0.29) is 22.6 Å². The SMILES string of the molecule is COC(=O)c1c(N)c(C#N)cn1-c1cccc(F)c1F. The Morgan fingerprint density at radius 2 is 2.15 bits per heavy atom. The summed E-state index contributed by atoms with van der Waals surface area (Å²) < 4.78 is 32.6. The zero-order valence-electron chi connectivity index (χ0n) is 10.4. The zero-order valence-corrected chi connectivity index (χ0v) is 10.4. The average Bonchev–Trinajstić information content (AvgIpc) is 2.77. The standard InChI is InChI=1S/C13H9F2N3O2/c1-20-13(19)12-11(17)7(5-16)6-18(12)9-4-2-3-8(14)10(9)15/h2-4,6H,17H2,1H3. The summed E-state index contributed by atoms with van der Waals surface area (Å²) in [6, 6.07) is 5.24. The van der Waals surface area contributed by atoms with Crippen LogP contribution in [0.15, 0.2) is 24.4 Å². The van der Waals surface area contributed by atoms with Crippen LogP contribution in [0.5, 0.6) is 0 Å². The van der Waals surface area contributed by atoms with Crippen molar-refractivity contribution in [1.82, 2.24) is 4.57 Å². The molecule has 2 rings (SSSR count). The van der Waals surface area contributed by atoms with Gasteiger partial charge in [-0.3, -0.25) is 0 Å². The number of methoxy groups -OCH3 is 1. The van der Waals surface area contributed by atoms with Crippen molar-refractivity contribution >= 4 is 11.7 Å². The van der Waals surface area contributed by atoms with Gasteiger partial charge in [-0.1, -0.05) is 6.07 Å². The van der Waals surface area contributed by atoms with Crippen LogP contribution >= 0.6 is 0 Å². The van der Waals surface area contributed by atoms with E-state index in [9.17, 15) is 13.6 Å². The fraction of sp³-hybridized carbons (Fsp3) is 0.0769. The second-order valence-electron chi connectivity index (χ2n) is 3.85. The van der Waals surface area contributed by atoms with E-state index in [2.05, 4.69) is 4.74 Å². The molecule has 2 aromatic rings. The Kier molecular flexibility index (Phi) is 3.39. The predicted molar refractivity (Wildman–Crippen MR) is 66.2 cm³/mol. The zero-order chi connectivity index (χ0) is 14.9. The van der Waals surface area contributed by atoms with E-state index in [1.54, 1.807) is 6.07 Å². The normalized spacial score (nSPS) is 10.1. The highest BCUT2D eigenvalue weighted by Crippen LogP contribution is 2.26. The molecule has 2 N–H and O–H groups in total. The van der Waals surface area contributed by atoms with Crippen LogP contribution in [0, 0.1) is 23.0 Å². The number of rotatable bonds is 2. The van der Waals surface area contributed by atoms with Crippen molar-refractivity contribution in [2.75, 3.05) is 12.8 Å². The summed E-state index contributed by atoms with van der Waals surface area (Å²) >= 11 is 0. The number of nitriles is 1. The number of aromatic nitrogens is 1. The smallest absolute Gasteiger partial charge is 0.357 e. The molecule has 0 aliphatic carbocycles. The van der Waals surface area contributed by atoms with E-state index in [1.165, 1.54) is 12.1 Å². The Morgan fingerprint density at radius 3 is 2.75 bits per heavy atom. The van der Waals surface area contributed by atoms with Crippen molar-refractivity contribution in [2.45, 2.75) is 0 Å². The van der Waals surface area contributed by atoms with Crippen molar-refractivity contribution in [3.8, 4) is 11.8 Å². The van der Waals surface area contributed by atoms with Crippen LogP contribution in [-0.2, 0) is 4.74 Å². The largest absolute Gasteiger partial charge is 0.464 e. The van der Waals surface area contributed by atoms with Crippen molar-refractivity contribution in [2.24, 2.45) is 0 Å². The van der Waals surface area contributed by atoms with Crippen molar-refractivity contribution in [1.29, 1.82) is 5.26 Å². The van der Waals surface area contributed by atoms with Crippen LogP contribution in [0.25, 0.3) is 5.69 Å². The molecule has 0 unspecified atom stereocenters. The number of carbonyl (C=O) groups excluding carboxylic acids is 1. The van der Waals surface area contributed by atoms with Gasteiger partial charge in [0.25, 0.3) is 0 Å². The number of benzene rings is 1. The molecule has 0 spiro atoms. The fourth-order valence-electron chi connectivity index (χ4n) is 1.78. The molecular weight excluding hydrogens is 268 g/mol. The fourth-order valence-corrected chi connectivity index (χ4v) is 1.78. The average molecular weight is 277 g/mol. The van der Waals surface area contributed by atoms with Gasteiger partial charge in [-0.2, -0.15) is 5.26 Å². The first-order valence-corrected chi connectivity index (χ1v) is 5.44. The van der Waals surface area contributed by atoms with Crippen molar-refractivity contribution in [3.05, 3.63) is 47.3 Å². The molecule has 0 aliphatic rings. The van der Waals surface area contributed by atoms with E-state index in [1.807, 2.05) is 0 Å².